The van der Waals surface area contributed by atoms with Crippen LogP contribution in [0.2, 0.25) is 0 Å². The van der Waals surface area contributed by atoms with Crippen molar-refractivity contribution in [3.05, 3.63) is 41.2 Å². The van der Waals surface area contributed by atoms with E-state index in [-0.39, 0.29) is 28.5 Å². The Hall–Kier alpha value is -2.19. The van der Waals surface area contributed by atoms with Crippen molar-refractivity contribution in [2.24, 2.45) is 5.92 Å². The number of carbonyl (C=O) groups is 2. The second-order valence-electron chi connectivity index (χ2n) is 6.22. The van der Waals surface area contributed by atoms with Gasteiger partial charge in [-0.2, -0.15) is 0 Å². The Kier molecular flexibility index (Phi) is 4.42. The van der Waals surface area contributed by atoms with Crippen LogP contribution in [0.25, 0.3) is 0 Å². The van der Waals surface area contributed by atoms with Crippen molar-refractivity contribution in [2.75, 3.05) is 12.8 Å². The molecule has 1 fully saturated rings. The van der Waals surface area contributed by atoms with E-state index in [1.54, 1.807) is 13.0 Å². The highest BCUT2D eigenvalue weighted by atomic mass is 32.2. The monoisotopic (exact) mass is 365 g/mol. The van der Waals surface area contributed by atoms with Crippen LogP contribution in [0.1, 0.15) is 30.1 Å². The maximum absolute atomic E-state index is 13.1. The molecule has 0 spiro atoms. The summed E-state index contributed by atoms with van der Waals surface area (Å²) in [4.78, 5) is 30.4. The second kappa shape index (κ2) is 6.27. The summed E-state index contributed by atoms with van der Waals surface area (Å²) < 4.78 is 24.0. The first kappa shape index (κ1) is 17.6. The number of rotatable bonds is 6. The molecule has 7 nitrogen and oxygen atoms in total. The number of likely N-dealkylation sites (N-methyl/N-ethyl adjacent to an activating group) is 1. The van der Waals surface area contributed by atoms with Crippen molar-refractivity contribution >= 4 is 21.6 Å². The van der Waals surface area contributed by atoms with Crippen LogP contribution in [-0.2, 0) is 19.5 Å². The maximum atomic E-state index is 13.1. The fraction of sp³-hybridized carbons (Fsp3) is 0.412. The van der Waals surface area contributed by atoms with Gasteiger partial charge in [-0.3, -0.25) is 9.59 Å². The summed E-state index contributed by atoms with van der Waals surface area (Å²) in [6.45, 7) is 2.02. The molecule has 0 saturated heterocycles. The topological polar surface area (TPSA) is 101 Å². The summed E-state index contributed by atoms with van der Waals surface area (Å²) in [6.07, 6.45) is 2.67. The van der Waals surface area contributed by atoms with E-state index in [1.165, 1.54) is 23.3 Å². The standard InChI is InChI=1S/C17H19NO6S/c1-3-18-14(17(20)21)13(16(24-18)10-8-9-10)15(19)11-6-4-5-7-12(11)25(2,22)23/h4-7,10,14H,3,8-9H2,1-2H3,(H,20,21). The van der Waals surface area contributed by atoms with E-state index in [0.717, 1.165) is 19.1 Å². The van der Waals surface area contributed by atoms with E-state index in [4.69, 9.17) is 4.84 Å². The first-order valence-corrected chi connectivity index (χ1v) is 9.90. The number of allylic oxidation sites excluding steroid dienone is 1. The molecule has 1 N–H and O–H groups in total. The van der Waals surface area contributed by atoms with E-state index >= 15 is 0 Å². The number of ketones is 1. The lowest BCUT2D eigenvalue weighted by Crippen LogP contribution is -2.39. The van der Waals surface area contributed by atoms with Crippen molar-refractivity contribution in [1.82, 2.24) is 5.06 Å². The zero-order chi connectivity index (χ0) is 18.4. The van der Waals surface area contributed by atoms with Gasteiger partial charge in [-0.25, -0.2) is 8.42 Å². The predicted molar refractivity (Wildman–Crippen MR) is 88.5 cm³/mol. The normalized spacial score (nSPS) is 21.3. The Bertz CT molecular complexity index is 869. The molecule has 134 valence electrons. The summed E-state index contributed by atoms with van der Waals surface area (Å²) in [5, 5.41) is 10.9. The lowest BCUT2D eigenvalue weighted by molar-refractivity contribution is -0.161. The minimum atomic E-state index is -3.63. The van der Waals surface area contributed by atoms with Gasteiger partial charge in [0.2, 0.25) is 0 Å². The number of hydrogen-bond donors (Lipinski definition) is 1. The van der Waals surface area contributed by atoms with Crippen LogP contribution in [0.15, 0.2) is 40.5 Å². The first-order valence-electron chi connectivity index (χ1n) is 8.01. The molecular weight excluding hydrogens is 346 g/mol. The highest BCUT2D eigenvalue weighted by Crippen LogP contribution is 2.44. The molecule has 0 aromatic heterocycles. The second-order valence-corrected chi connectivity index (χ2v) is 8.20. The third kappa shape index (κ3) is 3.19. The summed E-state index contributed by atoms with van der Waals surface area (Å²) in [6, 6.07) is 4.61. The average molecular weight is 365 g/mol. The van der Waals surface area contributed by atoms with Crippen LogP contribution < -0.4 is 0 Å². The van der Waals surface area contributed by atoms with Gasteiger partial charge in [-0.1, -0.05) is 12.1 Å². The summed E-state index contributed by atoms with van der Waals surface area (Å²) in [5.41, 5.74) is 0.0129. The molecule has 1 aliphatic heterocycles. The Balaban J connectivity index is 2.14. The molecule has 8 heteroatoms. The van der Waals surface area contributed by atoms with E-state index in [0.29, 0.717) is 5.76 Å². The van der Waals surface area contributed by atoms with E-state index in [2.05, 4.69) is 0 Å². The Labute approximate surface area is 145 Å². The van der Waals surface area contributed by atoms with E-state index < -0.39 is 27.6 Å². The molecule has 1 aliphatic carbocycles. The molecule has 0 bridgehead atoms. The minimum absolute atomic E-state index is 0.0164. The largest absolute Gasteiger partial charge is 0.480 e. The van der Waals surface area contributed by atoms with Gasteiger partial charge in [0.1, 0.15) is 5.76 Å². The Morgan fingerprint density at radius 3 is 2.44 bits per heavy atom. The number of sulfone groups is 1. The fourth-order valence-corrected chi connectivity index (χ4v) is 3.89. The number of benzene rings is 1. The minimum Gasteiger partial charge on any atom is -0.480 e. The molecule has 1 saturated carbocycles. The number of hydrogen-bond acceptors (Lipinski definition) is 6. The number of carboxylic acid groups (broad SMARTS) is 1. The molecule has 1 heterocycles. The van der Waals surface area contributed by atoms with Crippen LogP contribution >= 0.6 is 0 Å². The van der Waals surface area contributed by atoms with E-state index in [1.807, 2.05) is 0 Å². The van der Waals surface area contributed by atoms with Gasteiger partial charge in [0.15, 0.2) is 21.7 Å². The molecule has 2 aliphatic rings. The van der Waals surface area contributed by atoms with Crippen molar-refractivity contribution < 1.29 is 28.0 Å². The highest BCUT2D eigenvalue weighted by Gasteiger charge is 2.48. The molecule has 0 amide bonds. The summed E-state index contributed by atoms with van der Waals surface area (Å²) in [7, 11) is -3.63. The van der Waals surface area contributed by atoms with Crippen LogP contribution in [0.4, 0.5) is 0 Å². The van der Waals surface area contributed by atoms with E-state index in [9.17, 15) is 23.1 Å². The molecular formula is C17H19NO6S. The Morgan fingerprint density at radius 2 is 1.92 bits per heavy atom. The third-order valence-corrected chi connectivity index (χ3v) is 5.47. The van der Waals surface area contributed by atoms with Crippen LogP contribution in [0.3, 0.4) is 0 Å². The molecule has 0 radical (unpaired) electrons. The molecule has 1 atom stereocenters. The highest BCUT2D eigenvalue weighted by molar-refractivity contribution is 7.90. The molecule has 1 aromatic rings. The number of carbonyl (C=O) groups excluding carboxylic acids is 1. The zero-order valence-electron chi connectivity index (χ0n) is 13.9. The van der Waals surface area contributed by atoms with Crippen molar-refractivity contribution in [2.45, 2.75) is 30.7 Å². The predicted octanol–water partition coefficient (Wildman–Crippen LogP) is 1.66. The smallest absolute Gasteiger partial charge is 0.329 e. The van der Waals surface area contributed by atoms with Crippen LogP contribution in [0, 0.1) is 5.92 Å². The lowest BCUT2D eigenvalue weighted by Gasteiger charge is -2.19. The van der Waals surface area contributed by atoms with Crippen LogP contribution in [0.5, 0.6) is 0 Å². The molecule has 1 aromatic carbocycles. The maximum Gasteiger partial charge on any atom is 0.329 e. The zero-order valence-corrected chi connectivity index (χ0v) is 14.7. The quantitative estimate of drug-likeness (QED) is 0.765. The van der Waals surface area contributed by atoms with Crippen molar-refractivity contribution in [3.8, 4) is 0 Å². The summed E-state index contributed by atoms with van der Waals surface area (Å²) in [5.74, 6) is -1.42. The lowest BCUT2D eigenvalue weighted by atomic mass is 9.95. The first-order chi connectivity index (χ1) is 11.8. The molecule has 3 rings (SSSR count). The average Bonchev–Trinajstić information content (AvgIpc) is 3.32. The van der Waals surface area contributed by atoms with Gasteiger partial charge >= 0.3 is 5.97 Å². The van der Waals surface area contributed by atoms with Gasteiger partial charge < -0.3 is 9.94 Å². The van der Waals surface area contributed by atoms with Gasteiger partial charge in [0.05, 0.1) is 10.5 Å². The van der Waals surface area contributed by atoms with Gasteiger partial charge in [0.25, 0.3) is 0 Å². The van der Waals surface area contributed by atoms with Crippen molar-refractivity contribution in [1.29, 1.82) is 0 Å². The van der Waals surface area contributed by atoms with Gasteiger partial charge in [-0.15, -0.1) is 5.06 Å². The number of hydroxylamine groups is 2. The van der Waals surface area contributed by atoms with Crippen molar-refractivity contribution in [3.63, 3.8) is 0 Å². The molecule has 25 heavy (non-hydrogen) atoms. The molecule has 1 unspecified atom stereocenters. The third-order valence-electron chi connectivity index (χ3n) is 4.31. The Morgan fingerprint density at radius 1 is 1.28 bits per heavy atom. The number of carboxylic acids is 1. The number of aliphatic carboxylic acids is 1. The van der Waals surface area contributed by atoms with Gasteiger partial charge in [0, 0.05) is 24.3 Å². The number of Topliss-reactive ketones (excluding diaryl/α,β-unsaturated/α-hetero) is 1. The van der Waals surface area contributed by atoms with Gasteiger partial charge in [-0.05, 0) is 31.9 Å². The number of nitrogens with zero attached hydrogens (tertiary/aromatic N) is 1. The summed E-state index contributed by atoms with van der Waals surface area (Å²) >= 11 is 0. The van der Waals surface area contributed by atoms with Crippen LogP contribution in [-0.4, -0.2) is 49.2 Å². The SMILES string of the molecule is CCN1OC(C2CC2)=C(C(=O)c2ccccc2S(C)(=O)=O)C1C(=O)O. The fourth-order valence-electron chi connectivity index (χ4n) is 3.00.